The van der Waals surface area contributed by atoms with Gasteiger partial charge in [0.05, 0.1) is 35.5 Å². The molecule has 0 atom stereocenters. The molecule has 3 aromatic rings. The summed E-state index contributed by atoms with van der Waals surface area (Å²) in [6.45, 7) is 2.07. The van der Waals surface area contributed by atoms with Crippen LogP contribution in [0.4, 0.5) is 4.39 Å². The zero-order valence-corrected chi connectivity index (χ0v) is 15.7. The number of aromatic nitrogens is 2. The molecule has 2 aromatic carbocycles. The number of carbonyl (C=O) groups excluding carboxylic acids is 1. The van der Waals surface area contributed by atoms with Gasteiger partial charge in [0.1, 0.15) is 5.82 Å². The molecule has 1 aliphatic heterocycles. The molecule has 0 fully saturated rings. The van der Waals surface area contributed by atoms with E-state index in [0.29, 0.717) is 40.1 Å². The van der Waals surface area contributed by atoms with Gasteiger partial charge in [-0.25, -0.2) is 14.4 Å². The first kappa shape index (κ1) is 18.7. The van der Waals surface area contributed by atoms with Gasteiger partial charge >= 0.3 is 5.97 Å². The molecular weight excluding hydrogens is 373 g/mol. The number of carboxylic acids is 1. The van der Waals surface area contributed by atoms with Crippen LogP contribution in [-0.4, -0.2) is 27.0 Å². The Kier molecular flexibility index (Phi) is 4.80. The van der Waals surface area contributed by atoms with Gasteiger partial charge in [0.15, 0.2) is 5.82 Å². The second kappa shape index (κ2) is 7.43. The molecule has 1 amide bonds. The molecule has 146 valence electrons. The molecule has 29 heavy (non-hydrogen) atoms. The summed E-state index contributed by atoms with van der Waals surface area (Å²) in [7, 11) is 0. The van der Waals surface area contributed by atoms with Crippen LogP contribution in [0, 0.1) is 12.7 Å². The topological polar surface area (TPSA) is 92.2 Å². The van der Waals surface area contributed by atoms with Crippen LogP contribution in [0.1, 0.15) is 38.4 Å². The van der Waals surface area contributed by atoms with E-state index in [1.165, 1.54) is 6.07 Å². The number of amides is 1. The van der Waals surface area contributed by atoms with Crippen LogP contribution in [0.5, 0.6) is 0 Å². The second-order valence-corrected chi connectivity index (χ2v) is 6.99. The summed E-state index contributed by atoms with van der Waals surface area (Å²) >= 11 is 0. The molecule has 0 bridgehead atoms. The second-order valence-electron chi connectivity index (χ2n) is 6.99. The van der Waals surface area contributed by atoms with Crippen LogP contribution in [0.3, 0.4) is 0 Å². The lowest BCUT2D eigenvalue weighted by Crippen LogP contribution is -2.14. The summed E-state index contributed by atoms with van der Waals surface area (Å²) in [5.74, 6) is -1.29. The molecule has 7 heteroatoms. The zero-order chi connectivity index (χ0) is 20.5. The predicted octanol–water partition coefficient (Wildman–Crippen LogP) is 3.05. The molecule has 1 aliphatic rings. The van der Waals surface area contributed by atoms with E-state index in [2.05, 4.69) is 15.3 Å². The lowest BCUT2D eigenvalue weighted by molar-refractivity contribution is -0.136. The molecule has 0 unspecified atom stereocenters. The van der Waals surface area contributed by atoms with E-state index >= 15 is 0 Å². The van der Waals surface area contributed by atoms with Gasteiger partial charge in [-0.2, -0.15) is 0 Å². The Bertz CT molecular complexity index is 1110. The number of rotatable bonds is 5. The van der Waals surface area contributed by atoms with Gasteiger partial charge in [0, 0.05) is 6.42 Å². The van der Waals surface area contributed by atoms with Crippen molar-refractivity contribution in [2.24, 2.45) is 0 Å². The fourth-order valence-corrected chi connectivity index (χ4v) is 3.50. The minimum Gasteiger partial charge on any atom is -0.481 e. The molecule has 1 aromatic heterocycles. The van der Waals surface area contributed by atoms with Gasteiger partial charge in [-0.05, 0) is 29.7 Å². The number of nitrogens with zero attached hydrogens (tertiary/aromatic N) is 2. The van der Waals surface area contributed by atoms with Gasteiger partial charge in [0.25, 0.3) is 5.91 Å². The van der Waals surface area contributed by atoms with Crippen LogP contribution in [0.15, 0.2) is 42.5 Å². The molecule has 0 radical (unpaired) electrons. The number of fused-ring (bicyclic) bond motifs is 1. The number of carboxylic acid groups (broad SMARTS) is 1. The summed E-state index contributed by atoms with van der Waals surface area (Å²) < 4.78 is 14.5. The Morgan fingerprint density at radius 1 is 1.10 bits per heavy atom. The SMILES string of the molecule is Cc1cccc(F)c1-c1nc2c(c(Cc3ccc(CC(=O)O)cc3)n1)C(=O)NC2. The van der Waals surface area contributed by atoms with Crippen molar-refractivity contribution in [1.29, 1.82) is 0 Å². The minimum atomic E-state index is -0.895. The van der Waals surface area contributed by atoms with E-state index < -0.39 is 11.8 Å². The molecule has 0 saturated carbocycles. The van der Waals surface area contributed by atoms with Crippen molar-refractivity contribution in [3.63, 3.8) is 0 Å². The van der Waals surface area contributed by atoms with Gasteiger partial charge in [0.2, 0.25) is 0 Å². The average molecular weight is 391 g/mol. The highest BCUT2D eigenvalue weighted by Crippen LogP contribution is 2.28. The van der Waals surface area contributed by atoms with E-state index in [0.717, 1.165) is 5.56 Å². The molecule has 2 heterocycles. The highest BCUT2D eigenvalue weighted by Gasteiger charge is 2.27. The molecule has 0 spiro atoms. The van der Waals surface area contributed by atoms with Crippen LogP contribution in [0.25, 0.3) is 11.4 Å². The van der Waals surface area contributed by atoms with Crippen LogP contribution < -0.4 is 5.32 Å². The third-order valence-electron chi connectivity index (χ3n) is 4.90. The standard InChI is InChI=1S/C22H18FN3O3/c1-12-3-2-4-15(23)19(12)21-25-16(20-17(26-21)11-24-22(20)29)9-13-5-7-14(8-6-13)10-18(27)28/h2-8H,9-11H2,1H3,(H,24,29)(H,27,28). The summed E-state index contributed by atoms with van der Waals surface area (Å²) in [5.41, 5.74) is 4.11. The fourth-order valence-electron chi connectivity index (χ4n) is 3.50. The molecule has 6 nitrogen and oxygen atoms in total. The average Bonchev–Trinajstić information content (AvgIpc) is 3.04. The van der Waals surface area contributed by atoms with Crippen molar-refractivity contribution in [3.05, 3.63) is 81.9 Å². The first-order chi connectivity index (χ1) is 13.9. The Balaban J connectivity index is 1.76. The van der Waals surface area contributed by atoms with Crippen molar-refractivity contribution in [2.45, 2.75) is 26.3 Å². The van der Waals surface area contributed by atoms with Crippen LogP contribution in [0.2, 0.25) is 0 Å². The zero-order valence-electron chi connectivity index (χ0n) is 15.7. The maximum absolute atomic E-state index is 14.5. The molecule has 2 N–H and O–H groups in total. The normalized spacial score (nSPS) is 12.6. The number of aliphatic carboxylic acids is 1. The molecule has 0 aliphatic carbocycles. The number of nitrogens with one attached hydrogen (secondary N) is 1. The highest BCUT2D eigenvalue weighted by atomic mass is 19.1. The van der Waals surface area contributed by atoms with E-state index in [9.17, 15) is 14.0 Å². The van der Waals surface area contributed by atoms with Crippen molar-refractivity contribution >= 4 is 11.9 Å². The van der Waals surface area contributed by atoms with Gasteiger partial charge in [-0.15, -0.1) is 0 Å². The van der Waals surface area contributed by atoms with Crippen molar-refractivity contribution in [3.8, 4) is 11.4 Å². The summed E-state index contributed by atoms with van der Waals surface area (Å²) in [6, 6.07) is 11.9. The summed E-state index contributed by atoms with van der Waals surface area (Å²) in [6.07, 6.45) is 0.300. The van der Waals surface area contributed by atoms with Crippen molar-refractivity contribution in [2.75, 3.05) is 0 Å². The Hall–Kier alpha value is -3.61. The monoisotopic (exact) mass is 391 g/mol. The Morgan fingerprint density at radius 3 is 2.52 bits per heavy atom. The smallest absolute Gasteiger partial charge is 0.307 e. The highest BCUT2D eigenvalue weighted by molar-refractivity contribution is 5.99. The van der Waals surface area contributed by atoms with E-state index in [1.807, 2.05) is 12.1 Å². The number of hydrogen-bond acceptors (Lipinski definition) is 4. The summed E-state index contributed by atoms with van der Waals surface area (Å²) in [4.78, 5) is 32.1. The van der Waals surface area contributed by atoms with Crippen LogP contribution in [-0.2, 0) is 24.2 Å². The molecule has 0 saturated heterocycles. The van der Waals surface area contributed by atoms with Gasteiger partial charge in [-0.3, -0.25) is 9.59 Å². The number of hydrogen-bond donors (Lipinski definition) is 2. The minimum absolute atomic E-state index is 0.0533. The van der Waals surface area contributed by atoms with Crippen LogP contribution >= 0.6 is 0 Å². The number of benzene rings is 2. The van der Waals surface area contributed by atoms with E-state index in [4.69, 9.17) is 5.11 Å². The Morgan fingerprint density at radius 2 is 1.83 bits per heavy atom. The maximum Gasteiger partial charge on any atom is 0.307 e. The van der Waals surface area contributed by atoms with E-state index in [1.54, 1.807) is 31.2 Å². The van der Waals surface area contributed by atoms with E-state index in [-0.39, 0.29) is 24.7 Å². The number of aryl methyl sites for hydroxylation is 1. The maximum atomic E-state index is 14.5. The first-order valence-electron chi connectivity index (χ1n) is 9.15. The number of halogens is 1. The fraction of sp³-hybridized carbons (Fsp3) is 0.182. The lowest BCUT2D eigenvalue weighted by Gasteiger charge is -2.11. The first-order valence-corrected chi connectivity index (χ1v) is 9.15. The lowest BCUT2D eigenvalue weighted by atomic mass is 10.0. The third kappa shape index (κ3) is 3.71. The summed E-state index contributed by atoms with van der Waals surface area (Å²) in [5, 5.41) is 11.6. The molecular formula is C22H18FN3O3. The molecule has 4 rings (SSSR count). The van der Waals surface area contributed by atoms with Crippen molar-refractivity contribution in [1.82, 2.24) is 15.3 Å². The van der Waals surface area contributed by atoms with Gasteiger partial charge in [-0.1, -0.05) is 36.4 Å². The number of carbonyl (C=O) groups is 2. The quantitative estimate of drug-likeness (QED) is 0.697. The third-order valence-corrected chi connectivity index (χ3v) is 4.90. The van der Waals surface area contributed by atoms with Crippen molar-refractivity contribution < 1.29 is 19.1 Å². The van der Waals surface area contributed by atoms with Gasteiger partial charge < -0.3 is 10.4 Å². The Labute approximate surface area is 166 Å². The largest absolute Gasteiger partial charge is 0.481 e. The predicted molar refractivity (Wildman–Crippen MR) is 104 cm³/mol.